The van der Waals surface area contributed by atoms with Crippen LogP contribution in [0.3, 0.4) is 0 Å². The van der Waals surface area contributed by atoms with Gasteiger partial charge in [0.2, 0.25) is 0 Å². The molecule has 4 nitrogen and oxygen atoms in total. The Balaban J connectivity index is 1.80. The lowest BCUT2D eigenvalue weighted by Crippen LogP contribution is -2.06. The molecule has 0 amide bonds. The molecular weight excluding hydrogens is 238 g/mol. The van der Waals surface area contributed by atoms with Crippen molar-refractivity contribution in [1.82, 2.24) is 15.0 Å². The van der Waals surface area contributed by atoms with Gasteiger partial charge in [-0.3, -0.25) is 4.79 Å². The summed E-state index contributed by atoms with van der Waals surface area (Å²) in [6.07, 6.45) is 1.64. The molecule has 0 fully saturated rings. The summed E-state index contributed by atoms with van der Waals surface area (Å²) in [6.45, 7) is 0.666. The second-order valence-electron chi connectivity index (χ2n) is 4.35. The van der Waals surface area contributed by atoms with Gasteiger partial charge in [0, 0.05) is 5.56 Å². The minimum Gasteiger partial charge on any atom is -0.298 e. The highest BCUT2D eigenvalue weighted by Crippen LogP contribution is 2.10. The van der Waals surface area contributed by atoms with Gasteiger partial charge in [0.1, 0.15) is 17.3 Å². The molecule has 1 aromatic heterocycles. The van der Waals surface area contributed by atoms with Crippen LogP contribution in [0.1, 0.15) is 15.9 Å². The van der Waals surface area contributed by atoms with Crippen LogP contribution in [0.4, 0.5) is 0 Å². The summed E-state index contributed by atoms with van der Waals surface area (Å²) >= 11 is 0. The zero-order chi connectivity index (χ0) is 13.1. The Morgan fingerprint density at radius 2 is 1.58 bits per heavy atom. The molecule has 0 spiro atoms. The van der Waals surface area contributed by atoms with Crippen molar-refractivity contribution in [3.63, 3.8) is 0 Å². The average Bonchev–Trinajstić information content (AvgIpc) is 2.88. The Kier molecular flexibility index (Phi) is 3.06. The van der Waals surface area contributed by atoms with Gasteiger partial charge in [-0.15, -0.1) is 0 Å². The maximum atomic E-state index is 10.9. The van der Waals surface area contributed by atoms with Crippen LogP contribution in [0.15, 0.2) is 48.5 Å². The summed E-state index contributed by atoms with van der Waals surface area (Å²) in [7, 11) is 0. The molecule has 94 valence electrons. The Morgan fingerprint density at radius 3 is 2.26 bits per heavy atom. The first-order valence-electron chi connectivity index (χ1n) is 6.20. The lowest BCUT2D eigenvalue weighted by molar-refractivity contribution is 0.112. The van der Waals surface area contributed by atoms with Crippen LogP contribution < -0.4 is 0 Å². The third-order valence-electron chi connectivity index (χ3n) is 3.09. The molecule has 19 heavy (non-hydrogen) atoms. The van der Waals surface area contributed by atoms with Gasteiger partial charge in [-0.2, -0.15) is 15.0 Å². The van der Waals surface area contributed by atoms with E-state index in [2.05, 4.69) is 10.2 Å². The van der Waals surface area contributed by atoms with Crippen molar-refractivity contribution in [2.75, 3.05) is 0 Å². The summed E-state index contributed by atoms with van der Waals surface area (Å²) < 4.78 is 0. The molecular formula is C15H13N3O. The van der Waals surface area contributed by atoms with E-state index in [1.807, 2.05) is 48.5 Å². The van der Waals surface area contributed by atoms with Crippen molar-refractivity contribution in [3.8, 4) is 0 Å². The molecule has 1 heterocycles. The standard InChI is InChI=1S/C15H13N3O/c19-11-13-6-2-1-5-12(13)9-10-18-16-14-7-3-4-8-15(14)17-18/h1-8,11H,9-10H2. The van der Waals surface area contributed by atoms with E-state index in [1.165, 1.54) is 0 Å². The number of benzene rings is 2. The Labute approximate surface area is 110 Å². The zero-order valence-corrected chi connectivity index (χ0v) is 10.4. The Bertz CT molecular complexity index is 685. The van der Waals surface area contributed by atoms with Crippen molar-refractivity contribution in [1.29, 1.82) is 0 Å². The molecule has 0 radical (unpaired) electrons. The fourth-order valence-electron chi connectivity index (χ4n) is 2.10. The summed E-state index contributed by atoms with van der Waals surface area (Å²) in [5, 5.41) is 8.80. The minimum atomic E-state index is 0.666. The van der Waals surface area contributed by atoms with E-state index in [0.29, 0.717) is 6.54 Å². The van der Waals surface area contributed by atoms with Gasteiger partial charge in [0.05, 0.1) is 6.54 Å². The van der Waals surface area contributed by atoms with Gasteiger partial charge in [-0.25, -0.2) is 0 Å². The van der Waals surface area contributed by atoms with Crippen molar-refractivity contribution in [3.05, 3.63) is 59.7 Å². The van der Waals surface area contributed by atoms with Gasteiger partial charge >= 0.3 is 0 Å². The highest BCUT2D eigenvalue weighted by molar-refractivity contribution is 5.77. The van der Waals surface area contributed by atoms with Crippen LogP contribution in [0.5, 0.6) is 0 Å². The van der Waals surface area contributed by atoms with E-state index in [1.54, 1.807) is 4.80 Å². The largest absolute Gasteiger partial charge is 0.298 e. The number of hydrogen-bond donors (Lipinski definition) is 0. The normalized spacial score (nSPS) is 10.7. The van der Waals surface area contributed by atoms with E-state index >= 15 is 0 Å². The molecule has 3 aromatic rings. The monoisotopic (exact) mass is 251 g/mol. The van der Waals surface area contributed by atoms with Crippen LogP contribution in [0.2, 0.25) is 0 Å². The number of aryl methyl sites for hydroxylation is 2. The molecule has 0 unspecified atom stereocenters. The highest BCUT2D eigenvalue weighted by atomic mass is 16.1. The number of fused-ring (bicyclic) bond motifs is 1. The van der Waals surface area contributed by atoms with Crippen LogP contribution in [0, 0.1) is 0 Å². The van der Waals surface area contributed by atoms with Gasteiger partial charge in [0.15, 0.2) is 0 Å². The quantitative estimate of drug-likeness (QED) is 0.669. The van der Waals surface area contributed by atoms with Crippen molar-refractivity contribution >= 4 is 17.3 Å². The number of aromatic nitrogens is 3. The lowest BCUT2D eigenvalue weighted by atomic mass is 10.1. The number of carbonyl (C=O) groups excluding carboxylic acids is 1. The molecule has 0 aliphatic rings. The van der Waals surface area contributed by atoms with E-state index < -0.39 is 0 Å². The Morgan fingerprint density at radius 1 is 0.947 bits per heavy atom. The third kappa shape index (κ3) is 2.38. The fourth-order valence-corrected chi connectivity index (χ4v) is 2.10. The molecule has 4 heteroatoms. The van der Waals surface area contributed by atoms with Gasteiger partial charge < -0.3 is 0 Å². The minimum absolute atomic E-state index is 0.666. The SMILES string of the molecule is O=Cc1ccccc1CCn1nc2ccccc2n1. The lowest BCUT2D eigenvalue weighted by Gasteiger charge is -2.03. The molecule has 0 aliphatic heterocycles. The number of aldehydes is 1. The number of rotatable bonds is 4. The van der Waals surface area contributed by atoms with Gasteiger partial charge in [-0.1, -0.05) is 36.4 Å². The van der Waals surface area contributed by atoms with Crippen molar-refractivity contribution in [2.24, 2.45) is 0 Å². The van der Waals surface area contributed by atoms with Crippen LogP contribution >= 0.6 is 0 Å². The first-order valence-corrected chi connectivity index (χ1v) is 6.20. The summed E-state index contributed by atoms with van der Waals surface area (Å²) in [5.41, 5.74) is 3.55. The second-order valence-corrected chi connectivity index (χ2v) is 4.35. The van der Waals surface area contributed by atoms with Crippen molar-refractivity contribution in [2.45, 2.75) is 13.0 Å². The zero-order valence-electron chi connectivity index (χ0n) is 10.4. The summed E-state index contributed by atoms with van der Waals surface area (Å²) in [5.74, 6) is 0. The van der Waals surface area contributed by atoms with E-state index in [9.17, 15) is 4.79 Å². The molecule has 0 aliphatic carbocycles. The number of hydrogen-bond acceptors (Lipinski definition) is 3. The van der Waals surface area contributed by atoms with Gasteiger partial charge in [0.25, 0.3) is 0 Å². The topological polar surface area (TPSA) is 47.8 Å². The molecule has 0 N–H and O–H groups in total. The molecule has 2 aromatic carbocycles. The number of nitrogens with zero attached hydrogens (tertiary/aromatic N) is 3. The summed E-state index contributed by atoms with van der Waals surface area (Å²) in [4.78, 5) is 12.6. The van der Waals surface area contributed by atoms with Crippen LogP contribution in [-0.2, 0) is 13.0 Å². The molecule has 3 rings (SSSR count). The Hall–Kier alpha value is -2.49. The first-order chi connectivity index (χ1) is 9.36. The van der Waals surface area contributed by atoms with Gasteiger partial charge in [-0.05, 0) is 24.1 Å². The fraction of sp³-hybridized carbons (Fsp3) is 0.133. The third-order valence-corrected chi connectivity index (χ3v) is 3.09. The van der Waals surface area contributed by atoms with Crippen LogP contribution in [0.25, 0.3) is 11.0 Å². The van der Waals surface area contributed by atoms with E-state index in [-0.39, 0.29) is 0 Å². The highest BCUT2D eigenvalue weighted by Gasteiger charge is 2.04. The maximum Gasteiger partial charge on any atom is 0.150 e. The molecule has 0 saturated carbocycles. The first kappa shape index (κ1) is 11.6. The van der Waals surface area contributed by atoms with Crippen molar-refractivity contribution < 1.29 is 4.79 Å². The average molecular weight is 251 g/mol. The van der Waals surface area contributed by atoms with E-state index in [4.69, 9.17) is 0 Å². The maximum absolute atomic E-state index is 10.9. The second kappa shape index (κ2) is 5.02. The van der Waals surface area contributed by atoms with Crippen LogP contribution in [-0.4, -0.2) is 21.3 Å². The predicted molar refractivity (Wildman–Crippen MR) is 73.1 cm³/mol. The smallest absolute Gasteiger partial charge is 0.150 e. The molecule has 0 saturated heterocycles. The number of carbonyl (C=O) groups is 1. The summed E-state index contributed by atoms with van der Waals surface area (Å²) in [6, 6.07) is 15.4. The molecule has 0 atom stereocenters. The molecule has 0 bridgehead atoms. The predicted octanol–water partition coefficient (Wildman–Crippen LogP) is 2.49. The van der Waals surface area contributed by atoms with E-state index in [0.717, 1.165) is 34.9 Å².